The topological polar surface area (TPSA) is 61.3 Å². The number of aliphatic hydroxyl groups is 1. The summed E-state index contributed by atoms with van der Waals surface area (Å²) in [7, 11) is 0. The molecular formula is C17H28N4O. The third kappa shape index (κ3) is 3.41. The fourth-order valence-corrected chi connectivity index (χ4v) is 3.66. The molecule has 2 fully saturated rings. The molecule has 2 aliphatic rings. The Bertz CT molecular complexity index is 515. The van der Waals surface area contributed by atoms with E-state index < -0.39 is 5.60 Å². The number of hydrogen-bond acceptors (Lipinski definition) is 5. The summed E-state index contributed by atoms with van der Waals surface area (Å²) in [6, 6.07) is 2.16. The van der Waals surface area contributed by atoms with Crippen LogP contribution in [0.5, 0.6) is 0 Å². The van der Waals surface area contributed by atoms with Crippen LogP contribution >= 0.6 is 0 Å². The maximum absolute atomic E-state index is 10.6. The predicted molar refractivity (Wildman–Crippen MR) is 88.3 cm³/mol. The van der Waals surface area contributed by atoms with Gasteiger partial charge in [-0.25, -0.2) is 9.97 Å². The van der Waals surface area contributed by atoms with Crippen LogP contribution in [0.4, 0.5) is 5.82 Å². The van der Waals surface area contributed by atoms with Gasteiger partial charge in [0.15, 0.2) is 0 Å². The van der Waals surface area contributed by atoms with Crippen molar-refractivity contribution in [2.45, 2.75) is 57.5 Å². The third-order valence-electron chi connectivity index (χ3n) is 5.14. The molecule has 22 heavy (non-hydrogen) atoms. The first kappa shape index (κ1) is 15.7. The van der Waals surface area contributed by atoms with Crippen molar-refractivity contribution in [2.75, 3.05) is 31.1 Å². The number of hydrogen-bond donors (Lipinski definition) is 2. The summed E-state index contributed by atoms with van der Waals surface area (Å²) in [5.41, 5.74) is 0.612. The first-order chi connectivity index (χ1) is 10.6. The van der Waals surface area contributed by atoms with Gasteiger partial charge in [-0.05, 0) is 52.1 Å². The largest absolute Gasteiger partial charge is 0.388 e. The molecule has 1 aromatic rings. The smallest absolute Gasteiger partial charge is 0.132 e. The van der Waals surface area contributed by atoms with E-state index in [0.29, 0.717) is 12.5 Å². The van der Waals surface area contributed by atoms with Gasteiger partial charge in [-0.15, -0.1) is 0 Å². The summed E-state index contributed by atoms with van der Waals surface area (Å²) in [4.78, 5) is 11.6. The van der Waals surface area contributed by atoms with Crippen molar-refractivity contribution < 1.29 is 5.11 Å². The van der Waals surface area contributed by atoms with Crippen molar-refractivity contribution in [3.05, 3.63) is 17.6 Å². The molecule has 0 amide bonds. The van der Waals surface area contributed by atoms with Crippen molar-refractivity contribution in [3.8, 4) is 0 Å². The normalized spacial score (nSPS) is 27.1. The summed E-state index contributed by atoms with van der Waals surface area (Å²) in [6.07, 6.45) is 5.01. The van der Waals surface area contributed by atoms with E-state index in [1.165, 1.54) is 5.69 Å². The fourth-order valence-electron chi connectivity index (χ4n) is 3.66. The van der Waals surface area contributed by atoms with Gasteiger partial charge in [-0.1, -0.05) is 6.92 Å². The van der Waals surface area contributed by atoms with Crippen molar-refractivity contribution in [1.82, 2.24) is 15.3 Å². The van der Waals surface area contributed by atoms with Crippen molar-refractivity contribution >= 4 is 5.82 Å². The lowest BCUT2D eigenvalue weighted by molar-refractivity contribution is 0.0221. The molecule has 5 heteroatoms. The van der Waals surface area contributed by atoms with E-state index >= 15 is 0 Å². The lowest BCUT2D eigenvalue weighted by atomic mass is 9.90. The number of β-amino-alcohol motifs (C(OH)–C–C–N with tert-alkyl or cyclic N) is 1. The van der Waals surface area contributed by atoms with Crippen LogP contribution in [0.2, 0.25) is 0 Å². The summed E-state index contributed by atoms with van der Waals surface area (Å²) < 4.78 is 0. The van der Waals surface area contributed by atoms with Crippen molar-refractivity contribution in [3.63, 3.8) is 0 Å². The van der Waals surface area contributed by atoms with Crippen LogP contribution in [0.1, 0.15) is 56.5 Å². The zero-order valence-electron chi connectivity index (χ0n) is 13.8. The SMILES string of the molecule is CCC1(O)CCCN(c2cc(C3CCNCC3)nc(C)n2)C1. The van der Waals surface area contributed by atoms with Crippen LogP contribution in [0.15, 0.2) is 6.07 Å². The maximum Gasteiger partial charge on any atom is 0.132 e. The molecule has 0 bridgehead atoms. The highest BCUT2D eigenvalue weighted by atomic mass is 16.3. The summed E-state index contributed by atoms with van der Waals surface area (Å²) >= 11 is 0. The minimum absolute atomic E-state index is 0.538. The number of nitrogens with zero attached hydrogens (tertiary/aromatic N) is 3. The highest BCUT2D eigenvalue weighted by molar-refractivity contribution is 5.42. The Morgan fingerprint density at radius 1 is 1.36 bits per heavy atom. The average molecular weight is 304 g/mol. The van der Waals surface area contributed by atoms with Crippen LogP contribution in [0.25, 0.3) is 0 Å². The maximum atomic E-state index is 10.6. The van der Waals surface area contributed by atoms with Crippen LogP contribution in [-0.2, 0) is 0 Å². The van der Waals surface area contributed by atoms with Gasteiger partial charge in [0.1, 0.15) is 11.6 Å². The minimum atomic E-state index is -0.563. The summed E-state index contributed by atoms with van der Waals surface area (Å²) in [6.45, 7) is 7.85. The molecule has 0 saturated carbocycles. The van der Waals surface area contributed by atoms with Gasteiger partial charge < -0.3 is 15.3 Å². The zero-order valence-corrected chi connectivity index (χ0v) is 13.8. The molecular weight excluding hydrogens is 276 g/mol. The first-order valence-electron chi connectivity index (χ1n) is 8.63. The van der Waals surface area contributed by atoms with E-state index in [-0.39, 0.29) is 0 Å². The van der Waals surface area contributed by atoms with Gasteiger partial charge in [0.25, 0.3) is 0 Å². The molecule has 122 valence electrons. The fraction of sp³-hybridized carbons (Fsp3) is 0.765. The Labute approximate surface area is 133 Å². The molecule has 0 aromatic carbocycles. The van der Waals surface area contributed by atoms with E-state index in [1.54, 1.807) is 0 Å². The Balaban J connectivity index is 1.82. The second-order valence-electron chi connectivity index (χ2n) is 6.83. The predicted octanol–water partition coefficient (Wildman–Crippen LogP) is 1.99. The van der Waals surface area contributed by atoms with Gasteiger partial charge in [0.05, 0.1) is 5.60 Å². The molecule has 1 unspecified atom stereocenters. The number of aromatic nitrogens is 2. The zero-order chi connectivity index (χ0) is 15.6. The minimum Gasteiger partial charge on any atom is -0.388 e. The number of rotatable bonds is 3. The van der Waals surface area contributed by atoms with Crippen LogP contribution < -0.4 is 10.2 Å². The average Bonchev–Trinajstić information content (AvgIpc) is 2.55. The van der Waals surface area contributed by atoms with Gasteiger partial charge in [0.2, 0.25) is 0 Å². The Kier molecular flexibility index (Phi) is 4.64. The molecule has 1 atom stereocenters. The van der Waals surface area contributed by atoms with Gasteiger partial charge >= 0.3 is 0 Å². The van der Waals surface area contributed by atoms with Crippen LogP contribution in [0.3, 0.4) is 0 Å². The van der Waals surface area contributed by atoms with Crippen LogP contribution in [-0.4, -0.2) is 46.9 Å². The molecule has 1 aromatic heterocycles. The van der Waals surface area contributed by atoms with E-state index in [0.717, 1.165) is 63.4 Å². The van der Waals surface area contributed by atoms with Gasteiger partial charge in [0, 0.05) is 30.8 Å². The van der Waals surface area contributed by atoms with Gasteiger partial charge in [-0.2, -0.15) is 0 Å². The molecule has 2 aliphatic heterocycles. The number of anilines is 1. The molecule has 2 N–H and O–H groups in total. The van der Waals surface area contributed by atoms with E-state index in [2.05, 4.69) is 33.2 Å². The lowest BCUT2D eigenvalue weighted by Crippen LogP contribution is -2.48. The molecule has 0 spiro atoms. The monoisotopic (exact) mass is 304 g/mol. The van der Waals surface area contributed by atoms with Crippen molar-refractivity contribution in [2.24, 2.45) is 0 Å². The second-order valence-corrected chi connectivity index (χ2v) is 6.83. The highest BCUT2D eigenvalue weighted by Crippen LogP contribution is 2.30. The summed E-state index contributed by atoms with van der Waals surface area (Å²) in [5, 5.41) is 14.0. The summed E-state index contributed by atoms with van der Waals surface area (Å²) in [5.74, 6) is 2.38. The molecule has 5 nitrogen and oxygen atoms in total. The van der Waals surface area contributed by atoms with Crippen LogP contribution in [0, 0.1) is 6.92 Å². The molecule has 3 heterocycles. The first-order valence-corrected chi connectivity index (χ1v) is 8.63. The van der Waals surface area contributed by atoms with Gasteiger partial charge in [-0.3, -0.25) is 0 Å². The molecule has 0 aliphatic carbocycles. The number of nitrogens with one attached hydrogen (secondary N) is 1. The second kappa shape index (κ2) is 6.50. The standard InChI is InChI=1S/C17H28N4O/c1-3-17(22)7-4-10-21(12-17)16-11-15(19-13(2)20-16)14-5-8-18-9-6-14/h11,14,18,22H,3-10,12H2,1-2H3. The molecule has 3 rings (SSSR count). The number of aryl methyl sites for hydroxylation is 1. The quantitative estimate of drug-likeness (QED) is 0.894. The van der Waals surface area contributed by atoms with Crippen molar-refractivity contribution in [1.29, 1.82) is 0 Å². The highest BCUT2D eigenvalue weighted by Gasteiger charge is 2.32. The lowest BCUT2D eigenvalue weighted by Gasteiger charge is -2.39. The Hall–Kier alpha value is -1.20. The van der Waals surface area contributed by atoms with E-state index in [9.17, 15) is 5.11 Å². The molecule has 2 saturated heterocycles. The Morgan fingerprint density at radius 2 is 2.14 bits per heavy atom. The third-order valence-corrected chi connectivity index (χ3v) is 5.14. The molecule has 0 radical (unpaired) electrons. The van der Waals surface area contributed by atoms with E-state index in [4.69, 9.17) is 0 Å². The number of piperidine rings is 2. The Morgan fingerprint density at radius 3 is 2.86 bits per heavy atom. The van der Waals surface area contributed by atoms with E-state index in [1.807, 2.05) is 6.92 Å².